The summed E-state index contributed by atoms with van der Waals surface area (Å²) in [6, 6.07) is 2.07. The first-order valence-corrected chi connectivity index (χ1v) is 7.75. The van der Waals surface area contributed by atoms with Crippen molar-refractivity contribution in [3.05, 3.63) is 37.9 Å². The van der Waals surface area contributed by atoms with Crippen LogP contribution < -0.4 is 4.74 Å². The standard InChI is InChI=1S/C15H18N2O7/c1-2-23-15(18)24-14-12(10-6-4-3-5-7-10)8-11(16(19)20)9-13(14)17(21)22/h8-10H,2-7H2,1H3. The maximum Gasteiger partial charge on any atom is 0.514 e. The van der Waals surface area contributed by atoms with E-state index in [4.69, 9.17) is 4.74 Å². The number of carbonyl (C=O) groups excluding carboxylic acids is 1. The van der Waals surface area contributed by atoms with Crippen molar-refractivity contribution in [2.45, 2.75) is 44.9 Å². The van der Waals surface area contributed by atoms with E-state index in [0.29, 0.717) is 5.56 Å². The molecule has 0 aliphatic heterocycles. The Hall–Kier alpha value is -2.71. The summed E-state index contributed by atoms with van der Waals surface area (Å²) in [7, 11) is 0. The van der Waals surface area contributed by atoms with Crippen LogP contribution in [-0.4, -0.2) is 22.6 Å². The lowest BCUT2D eigenvalue weighted by Gasteiger charge is -2.23. The molecule has 0 aromatic heterocycles. The SMILES string of the molecule is CCOC(=O)Oc1c(C2CCCCC2)cc([N+](=O)[O-])cc1[N+](=O)[O-]. The molecule has 24 heavy (non-hydrogen) atoms. The molecule has 0 heterocycles. The van der Waals surface area contributed by atoms with Gasteiger partial charge in [-0.25, -0.2) is 4.79 Å². The lowest BCUT2D eigenvalue weighted by Crippen LogP contribution is -2.15. The van der Waals surface area contributed by atoms with E-state index in [0.717, 1.165) is 38.2 Å². The molecule has 1 aliphatic carbocycles. The van der Waals surface area contributed by atoms with Gasteiger partial charge in [-0.05, 0) is 25.7 Å². The van der Waals surface area contributed by atoms with Gasteiger partial charge < -0.3 is 9.47 Å². The molecule has 0 atom stereocenters. The smallest absolute Gasteiger partial charge is 0.434 e. The normalized spacial score (nSPS) is 14.9. The van der Waals surface area contributed by atoms with Crippen molar-refractivity contribution in [3.63, 3.8) is 0 Å². The van der Waals surface area contributed by atoms with Gasteiger partial charge in [0.05, 0.1) is 22.5 Å². The molecule has 1 fully saturated rings. The summed E-state index contributed by atoms with van der Waals surface area (Å²) in [4.78, 5) is 32.6. The van der Waals surface area contributed by atoms with Crippen LogP contribution in [0.1, 0.15) is 50.5 Å². The summed E-state index contributed by atoms with van der Waals surface area (Å²) in [5.74, 6) is -0.377. The van der Waals surface area contributed by atoms with E-state index in [2.05, 4.69) is 4.74 Å². The molecule has 1 aromatic rings. The minimum atomic E-state index is -1.06. The second-order valence-corrected chi connectivity index (χ2v) is 5.52. The summed E-state index contributed by atoms with van der Waals surface area (Å²) in [6.07, 6.45) is 3.28. The highest BCUT2D eigenvalue weighted by molar-refractivity contribution is 5.70. The van der Waals surface area contributed by atoms with Crippen LogP contribution in [0.2, 0.25) is 0 Å². The molecule has 0 radical (unpaired) electrons. The Bertz CT molecular complexity index is 653. The Morgan fingerprint density at radius 2 is 1.83 bits per heavy atom. The minimum Gasteiger partial charge on any atom is -0.434 e. The van der Waals surface area contributed by atoms with Gasteiger partial charge in [-0.3, -0.25) is 20.2 Å². The van der Waals surface area contributed by atoms with E-state index >= 15 is 0 Å². The summed E-state index contributed by atoms with van der Waals surface area (Å²) in [6.45, 7) is 1.63. The van der Waals surface area contributed by atoms with Crippen molar-refractivity contribution in [1.29, 1.82) is 0 Å². The fraction of sp³-hybridized carbons (Fsp3) is 0.533. The van der Waals surface area contributed by atoms with Crippen molar-refractivity contribution in [3.8, 4) is 5.75 Å². The molecule has 1 aliphatic rings. The summed E-state index contributed by atoms with van der Waals surface area (Å²) >= 11 is 0. The van der Waals surface area contributed by atoms with Crippen LogP contribution in [0.25, 0.3) is 0 Å². The van der Waals surface area contributed by atoms with Crippen LogP contribution >= 0.6 is 0 Å². The molecule has 2 rings (SSSR count). The maximum atomic E-state index is 11.6. The fourth-order valence-electron chi connectivity index (χ4n) is 2.92. The van der Waals surface area contributed by atoms with Gasteiger partial charge in [0.15, 0.2) is 0 Å². The lowest BCUT2D eigenvalue weighted by molar-refractivity contribution is -0.394. The van der Waals surface area contributed by atoms with Crippen molar-refractivity contribution >= 4 is 17.5 Å². The second-order valence-electron chi connectivity index (χ2n) is 5.52. The van der Waals surface area contributed by atoms with Gasteiger partial charge in [0, 0.05) is 11.6 Å². The number of nitro benzene ring substituents is 2. The molecule has 9 heteroatoms. The third kappa shape index (κ3) is 3.98. The van der Waals surface area contributed by atoms with Crippen molar-refractivity contribution < 1.29 is 24.1 Å². The number of ether oxygens (including phenoxy) is 2. The molecule has 1 saturated carbocycles. The Kier molecular flexibility index (Phi) is 5.67. The average molecular weight is 338 g/mol. The van der Waals surface area contributed by atoms with E-state index in [1.165, 1.54) is 6.07 Å². The predicted octanol–water partition coefficient (Wildman–Crippen LogP) is 4.09. The van der Waals surface area contributed by atoms with Crippen LogP contribution in [0.4, 0.5) is 16.2 Å². The highest BCUT2D eigenvalue weighted by Gasteiger charge is 2.31. The molecule has 0 N–H and O–H groups in total. The Morgan fingerprint density at radius 1 is 1.17 bits per heavy atom. The third-order valence-electron chi connectivity index (χ3n) is 3.98. The third-order valence-corrected chi connectivity index (χ3v) is 3.98. The average Bonchev–Trinajstić information content (AvgIpc) is 2.55. The Balaban J connectivity index is 2.55. The molecule has 130 valence electrons. The number of hydrogen-bond acceptors (Lipinski definition) is 7. The fourth-order valence-corrected chi connectivity index (χ4v) is 2.92. The predicted molar refractivity (Wildman–Crippen MR) is 83.2 cm³/mol. The van der Waals surface area contributed by atoms with Gasteiger partial charge in [-0.2, -0.15) is 0 Å². The maximum absolute atomic E-state index is 11.6. The Labute approximate surface area is 137 Å². The zero-order valence-corrected chi connectivity index (χ0v) is 13.2. The number of non-ortho nitro benzene ring substituents is 1. The van der Waals surface area contributed by atoms with Crippen LogP contribution in [0, 0.1) is 20.2 Å². The number of benzene rings is 1. The van der Waals surface area contributed by atoms with Crippen LogP contribution in [0.15, 0.2) is 12.1 Å². The van der Waals surface area contributed by atoms with E-state index in [-0.39, 0.29) is 18.3 Å². The molecule has 0 unspecified atom stereocenters. The summed E-state index contributed by atoms with van der Waals surface area (Å²) in [5, 5.41) is 22.4. The van der Waals surface area contributed by atoms with Gasteiger partial charge in [-0.15, -0.1) is 0 Å². The van der Waals surface area contributed by atoms with Crippen LogP contribution in [-0.2, 0) is 4.74 Å². The molecule has 0 bridgehead atoms. The molecule has 1 aromatic carbocycles. The first-order valence-electron chi connectivity index (χ1n) is 7.75. The van der Waals surface area contributed by atoms with E-state index in [1.54, 1.807) is 6.92 Å². The van der Waals surface area contributed by atoms with Crippen LogP contribution in [0.3, 0.4) is 0 Å². The molecule has 0 amide bonds. The molecule has 0 spiro atoms. The van der Waals surface area contributed by atoms with Crippen molar-refractivity contribution in [2.75, 3.05) is 6.61 Å². The van der Waals surface area contributed by atoms with Gasteiger partial charge in [0.2, 0.25) is 5.75 Å². The lowest BCUT2D eigenvalue weighted by atomic mass is 9.83. The first-order chi connectivity index (χ1) is 11.4. The van der Waals surface area contributed by atoms with Gasteiger partial charge in [-0.1, -0.05) is 19.3 Å². The number of nitrogens with zero attached hydrogens (tertiary/aromatic N) is 2. The van der Waals surface area contributed by atoms with Gasteiger partial charge in [0.25, 0.3) is 5.69 Å². The molecule has 0 saturated heterocycles. The zero-order chi connectivity index (χ0) is 17.7. The van der Waals surface area contributed by atoms with E-state index < -0.39 is 27.4 Å². The number of carbonyl (C=O) groups is 1. The number of rotatable bonds is 5. The molecular formula is C15H18N2O7. The van der Waals surface area contributed by atoms with Gasteiger partial charge in [0.1, 0.15) is 0 Å². The monoisotopic (exact) mass is 338 g/mol. The summed E-state index contributed by atoms with van der Waals surface area (Å²) in [5.41, 5.74) is -0.667. The molecule has 9 nitrogen and oxygen atoms in total. The zero-order valence-electron chi connectivity index (χ0n) is 13.2. The van der Waals surface area contributed by atoms with Crippen molar-refractivity contribution in [1.82, 2.24) is 0 Å². The highest BCUT2D eigenvalue weighted by Crippen LogP contribution is 2.44. The second kappa shape index (κ2) is 7.71. The summed E-state index contributed by atoms with van der Waals surface area (Å²) < 4.78 is 9.72. The van der Waals surface area contributed by atoms with Crippen molar-refractivity contribution in [2.24, 2.45) is 0 Å². The number of nitro groups is 2. The van der Waals surface area contributed by atoms with Crippen LogP contribution in [0.5, 0.6) is 5.75 Å². The minimum absolute atomic E-state index is 0.0539. The topological polar surface area (TPSA) is 122 Å². The van der Waals surface area contributed by atoms with Gasteiger partial charge >= 0.3 is 11.8 Å². The largest absolute Gasteiger partial charge is 0.514 e. The first kappa shape index (κ1) is 17.6. The van der Waals surface area contributed by atoms with E-state index in [9.17, 15) is 25.0 Å². The quantitative estimate of drug-likeness (QED) is 0.343. The van der Waals surface area contributed by atoms with E-state index in [1.807, 2.05) is 0 Å². The highest BCUT2D eigenvalue weighted by atomic mass is 16.7. The number of hydrogen-bond donors (Lipinski definition) is 0. The Morgan fingerprint density at radius 3 is 2.38 bits per heavy atom. The molecular weight excluding hydrogens is 320 g/mol.